The Bertz CT molecular complexity index is 1030. The summed E-state index contributed by atoms with van der Waals surface area (Å²) < 4.78 is 9.91. The minimum Gasteiger partial charge on any atom is -0.465 e. The maximum atomic E-state index is 11.7. The lowest BCUT2D eigenvalue weighted by atomic mass is 9.88. The van der Waals surface area contributed by atoms with Gasteiger partial charge in [0, 0.05) is 25.0 Å². The number of esters is 1. The van der Waals surface area contributed by atoms with Gasteiger partial charge in [-0.25, -0.2) is 4.79 Å². The molecule has 0 spiro atoms. The van der Waals surface area contributed by atoms with E-state index < -0.39 is 0 Å². The molecule has 0 saturated heterocycles. The topological polar surface area (TPSA) is 36.2 Å². The summed E-state index contributed by atoms with van der Waals surface area (Å²) in [5, 5.41) is 0. The van der Waals surface area contributed by atoms with Crippen molar-refractivity contribution in [3.8, 4) is 0 Å². The van der Waals surface area contributed by atoms with Crippen LogP contribution in [0.2, 0.25) is 0 Å². The van der Waals surface area contributed by atoms with Gasteiger partial charge in [-0.05, 0) is 60.3 Å². The number of carbonyl (C=O) groups excluding carboxylic acids is 1. The average molecular weight is 378 g/mol. The fourth-order valence-corrected chi connectivity index (χ4v) is 4.19. The zero-order chi connectivity index (χ0) is 18.8. The minimum absolute atomic E-state index is 0.320. The van der Waals surface area contributed by atoms with Crippen molar-refractivity contribution in [1.82, 2.24) is 9.13 Å². The summed E-state index contributed by atoms with van der Waals surface area (Å²) >= 11 is 5.75. The molecule has 3 aromatic rings. The molecule has 0 N–H and O–H groups in total. The summed E-state index contributed by atoms with van der Waals surface area (Å²) in [5.41, 5.74) is 4.47. The highest BCUT2D eigenvalue weighted by atomic mass is 32.1. The number of nitrogens with zero attached hydrogens (tertiary/aromatic N) is 2. The summed E-state index contributed by atoms with van der Waals surface area (Å²) in [4.78, 5) is 11.7. The van der Waals surface area contributed by atoms with Gasteiger partial charge in [-0.15, -0.1) is 0 Å². The van der Waals surface area contributed by atoms with Gasteiger partial charge in [0.25, 0.3) is 0 Å². The molecule has 4 nitrogen and oxygen atoms in total. The number of fused-ring (bicyclic) bond motifs is 1. The first kappa shape index (κ1) is 17.7. The smallest absolute Gasteiger partial charge is 0.337 e. The van der Waals surface area contributed by atoms with E-state index in [1.54, 1.807) is 6.07 Å². The number of aromatic nitrogens is 2. The van der Waals surface area contributed by atoms with E-state index in [-0.39, 0.29) is 5.97 Å². The lowest BCUT2D eigenvalue weighted by Gasteiger charge is -2.25. The summed E-state index contributed by atoms with van der Waals surface area (Å²) in [6, 6.07) is 16.6. The number of ether oxygens (including phenoxy) is 1. The Morgan fingerprint density at radius 1 is 1.15 bits per heavy atom. The number of rotatable bonds is 4. The van der Waals surface area contributed by atoms with Gasteiger partial charge in [-0.3, -0.25) is 0 Å². The quantitative estimate of drug-likeness (QED) is 0.492. The predicted molar refractivity (Wildman–Crippen MR) is 108 cm³/mol. The first-order valence-electron chi connectivity index (χ1n) is 9.17. The molecule has 0 aliphatic heterocycles. The van der Waals surface area contributed by atoms with Crippen LogP contribution in [0.15, 0.2) is 60.9 Å². The van der Waals surface area contributed by atoms with Crippen LogP contribution < -0.4 is 0 Å². The first-order valence-corrected chi connectivity index (χ1v) is 9.58. The normalized spacial score (nSPS) is 16.0. The molecule has 1 atom stereocenters. The molecule has 0 fully saturated rings. The third kappa shape index (κ3) is 3.60. The minimum atomic E-state index is -0.320. The van der Waals surface area contributed by atoms with E-state index in [0.717, 1.165) is 29.6 Å². The molecule has 0 bridgehead atoms. The van der Waals surface area contributed by atoms with E-state index in [9.17, 15) is 4.79 Å². The van der Waals surface area contributed by atoms with Crippen LogP contribution in [0, 0.1) is 4.77 Å². The summed E-state index contributed by atoms with van der Waals surface area (Å²) in [7, 11) is 1.40. The van der Waals surface area contributed by atoms with Gasteiger partial charge in [-0.1, -0.05) is 36.4 Å². The van der Waals surface area contributed by atoms with E-state index >= 15 is 0 Å². The number of carbonyl (C=O) groups is 1. The highest BCUT2D eigenvalue weighted by molar-refractivity contribution is 7.71. The molecule has 1 aliphatic carbocycles. The number of benzene rings is 2. The van der Waals surface area contributed by atoms with E-state index in [4.69, 9.17) is 17.0 Å². The Hall–Kier alpha value is -2.66. The Morgan fingerprint density at radius 3 is 2.78 bits per heavy atom. The largest absolute Gasteiger partial charge is 0.465 e. The van der Waals surface area contributed by atoms with Crippen molar-refractivity contribution >= 4 is 18.2 Å². The van der Waals surface area contributed by atoms with Gasteiger partial charge in [0.2, 0.25) is 0 Å². The molecule has 5 heteroatoms. The molecule has 2 aromatic carbocycles. The molecule has 0 radical (unpaired) electrons. The summed E-state index contributed by atoms with van der Waals surface area (Å²) in [5.74, 6) is -0.320. The number of hydrogen-bond donors (Lipinski definition) is 0. The van der Waals surface area contributed by atoms with Crippen LogP contribution in [0.3, 0.4) is 0 Å². The van der Waals surface area contributed by atoms with Gasteiger partial charge in [0.15, 0.2) is 4.77 Å². The Balaban J connectivity index is 1.55. The lowest BCUT2D eigenvalue weighted by Crippen LogP contribution is -2.18. The van der Waals surface area contributed by atoms with Crippen LogP contribution in [0.25, 0.3) is 0 Å². The molecule has 138 valence electrons. The highest BCUT2D eigenvalue weighted by Gasteiger charge is 2.20. The SMILES string of the molecule is COC(=O)c1cccc(Cn2ccn(C3CCc4ccccc4C3)c2=S)c1. The van der Waals surface area contributed by atoms with Crippen molar-refractivity contribution in [1.29, 1.82) is 0 Å². The second-order valence-electron chi connectivity index (χ2n) is 6.97. The van der Waals surface area contributed by atoms with E-state index in [0.29, 0.717) is 18.2 Å². The van der Waals surface area contributed by atoms with Crippen LogP contribution in [0.4, 0.5) is 0 Å². The monoisotopic (exact) mass is 378 g/mol. The Morgan fingerprint density at radius 2 is 1.96 bits per heavy atom. The molecule has 1 heterocycles. The Labute approximate surface area is 164 Å². The summed E-state index contributed by atoms with van der Waals surface area (Å²) in [6.45, 7) is 0.639. The van der Waals surface area contributed by atoms with E-state index in [2.05, 4.69) is 39.6 Å². The van der Waals surface area contributed by atoms with Crippen molar-refractivity contribution in [3.63, 3.8) is 0 Å². The van der Waals surface area contributed by atoms with Gasteiger partial charge >= 0.3 is 5.97 Å². The maximum absolute atomic E-state index is 11.7. The van der Waals surface area contributed by atoms with Gasteiger partial charge < -0.3 is 13.9 Å². The van der Waals surface area contributed by atoms with E-state index in [1.165, 1.54) is 18.2 Å². The molecule has 0 amide bonds. The second-order valence-corrected chi connectivity index (χ2v) is 7.34. The molecule has 1 unspecified atom stereocenters. The first-order chi connectivity index (χ1) is 13.2. The van der Waals surface area contributed by atoms with Crippen LogP contribution >= 0.6 is 12.2 Å². The second kappa shape index (κ2) is 7.53. The molecular weight excluding hydrogens is 356 g/mol. The molecule has 0 saturated carbocycles. The van der Waals surface area contributed by atoms with Crippen molar-refractivity contribution in [2.45, 2.75) is 31.8 Å². The van der Waals surface area contributed by atoms with Crippen molar-refractivity contribution < 1.29 is 9.53 Å². The number of imidazole rings is 1. The standard InChI is InChI=1S/C22H22N2O2S/c1-26-21(25)19-8-4-5-16(13-19)15-23-11-12-24(22(23)27)20-10-9-17-6-2-3-7-18(17)14-20/h2-8,11-13,20H,9-10,14-15H2,1H3. The third-order valence-corrected chi connectivity index (χ3v) is 5.73. The van der Waals surface area contributed by atoms with Gasteiger partial charge in [0.1, 0.15) is 0 Å². The fraction of sp³-hybridized carbons (Fsp3) is 0.273. The third-order valence-electron chi connectivity index (χ3n) is 5.29. The molecular formula is C22H22N2O2S. The van der Waals surface area contributed by atoms with Crippen molar-refractivity contribution in [3.05, 3.63) is 87.9 Å². The number of methoxy groups -OCH3 is 1. The maximum Gasteiger partial charge on any atom is 0.337 e. The average Bonchev–Trinajstić information content (AvgIpc) is 3.07. The zero-order valence-corrected chi connectivity index (χ0v) is 16.1. The number of hydrogen-bond acceptors (Lipinski definition) is 3. The van der Waals surface area contributed by atoms with Crippen molar-refractivity contribution in [2.24, 2.45) is 0 Å². The number of aryl methyl sites for hydroxylation is 1. The highest BCUT2D eigenvalue weighted by Crippen LogP contribution is 2.29. The van der Waals surface area contributed by atoms with Crippen LogP contribution in [0.5, 0.6) is 0 Å². The Kier molecular flexibility index (Phi) is 4.94. The fourth-order valence-electron chi connectivity index (χ4n) is 3.85. The van der Waals surface area contributed by atoms with Gasteiger partial charge in [-0.2, -0.15) is 0 Å². The van der Waals surface area contributed by atoms with E-state index in [1.807, 2.05) is 24.4 Å². The van der Waals surface area contributed by atoms with Crippen LogP contribution in [-0.2, 0) is 24.1 Å². The molecule has 27 heavy (non-hydrogen) atoms. The molecule has 1 aromatic heterocycles. The van der Waals surface area contributed by atoms with Gasteiger partial charge in [0.05, 0.1) is 12.7 Å². The molecule has 4 rings (SSSR count). The van der Waals surface area contributed by atoms with Crippen LogP contribution in [-0.4, -0.2) is 22.2 Å². The lowest BCUT2D eigenvalue weighted by molar-refractivity contribution is 0.0600. The zero-order valence-electron chi connectivity index (χ0n) is 15.3. The van der Waals surface area contributed by atoms with Crippen LogP contribution in [0.1, 0.15) is 39.5 Å². The summed E-state index contributed by atoms with van der Waals surface area (Å²) in [6.07, 6.45) is 7.34. The predicted octanol–water partition coefficient (Wildman–Crippen LogP) is 4.58. The van der Waals surface area contributed by atoms with Crippen molar-refractivity contribution in [2.75, 3.05) is 7.11 Å². The molecule has 1 aliphatic rings.